The van der Waals surface area contributed by atoms with E-state index in [0.717, 1.165) is 11.3 Å². The van der Waals surface area contributed by atoms with Crippen molar-refractivity contribution < 1.29 is 9.53 Å². The van der Waals surface area contributed by atoms with Gasteiger partial charge in [0.25, 0.3) is 5.91 Å². The van der Waals surface area contributed by atoms with E-state index in [1.165, 1.54) is 12.1 Å². The van der Waals surface area contributed by atoms with Crippen LogP contribution in [0.25, 0.3) is 0 Å². The molecule has 0 unspecified atom stereocenters. The topological polar surface area (TPSA) is 50.4 Å². The van der Waals surface area contributed by atoms with Crippen LogP contribution in [0.5, 0.6) is 5.75 Å². The van der Waals surface area contributed by atoms with Gasteiger partial charge in [-0.1, -0.05) is 35.3 Å². The second-order valence-electron chi connectivity index (χ2n) is 4.64. The Morgan fingerprint density at radius 3 is 2.30 bits per heavy atom. The number of thiocarbonyl (C=S) groups is 1. The van der Waals surface area contributed by atoms with E-state index in [0.29, 0.717) is 22.2 Å². The third-order valence-corrected chi connectivity index (χ3v) is 3.65. The summed E-state index contributed by atoms with van der Waals surface area (Å²) >= 11 is 16.9. The van der Waals surface area contributed by atoms with E-state index in [9.17, 15) is 4.79 Å². The highest BCUT2D eigenvalue weighted by Gasteiger charge is 2.09. The zero-order chi connectivity index (χ0) is 16.8. The molecule has 0 bridgehead atoms. The number of nitrogens with one attached hydrogen (secondary N) is 2. The molecule has 7 heteroatoms. The van der Waals surface area contributed by atoms with Crippen molar-refractivity contribution in [1.82, 2.24) is 10.6 Å². The van der Waals surface area contributed by atoms with Crippen molar-refractivity contribution in [2.24, 2.45) is 0 Å². The van der Waals surface area contributed by atoms with Crippen molar-refractivity contribution in [3.63, 3.8) is 0 Å². The fourth-order valence-electron chi connectivity index (χ4n) is 1.83. The molecule has 0 aliphatic carbocycles. The van der Waals surface area contributed by atoms with E-state index in [4.69, 9.17) is 40.2 Å². The lowest BCUT2D eigenvalue weighted by atomic mass is 10.2. The number of ether oxygens (including phenoxy) is 1. The van der Waals surface area contributed by atoms with Crippen molar-refractivity contribution in [3.05, 3.63) is 63.6 Å². The molecule has 2 rings (SSSR count). The molecule has 4 nitrogen and oxygen atoms in total. The molecule has 0 fully saturated rings. The standard InChI is InChI=1S/C16H14Cl2N2O2S/c1-22-14-4-2-10(3-5-14)9-19-16(23)20-15(21)11-6-12(17)8-13(18)7-11/h2-8H,9H2,1H3,(H2,19,20,21,23). The van der Waals surface area contributed by atoms with Gasteiger partial charge in [0.1, 0.15) is 5.75 Å². The van der Waals surface area contributed by atoms with Crippen LogP contribution in [-0.4, -0.2) is 18.1 Å². The molecular weight excluding hydrogens is 355 g/mol. The first-order valence-corrected chi connectivity index (χ1v) is 7.82. The fraction of sp³-hybridized carbons (Fsp3) is 0.125. The molecule has 0 saturated carbocycles. The lowest BCUT2D eigenvalue weighted by Crippen LogP contribution is -2.38. The molecule has 0 aliphatic heterocycles. The Hall–Kier alpha value is -1.82. The van der Waals surface area contributed by atoms with Gasteiger partial charge in [-0.05, 0) is 48.1 Å². The number of carbonyl (C=O) groups excluding carboxylic acids is 1. The van der Waals surface area contributed by atoms with Crippen molar-refractivity contribution in [2.75, 3.05) is 7.11 Å². The van der Waals surface area contributed by atoms with Gasteiger partial charge >= 0.3 is 0 Å². The maximum absolute atomic E-state index is 12.1. The van der Waals surface area contributed by atoms with Gasteiger partial charge in [0, 0.05) is 22.2 Å². The average molecular weight is 369 g/mol. The monoisotopic (exact) mass is 368 g/mol. The van der Waals surface area contributed by atoms with E-state index in [2.05, 4.69) is 10.6 Å². The zero-order valence-electron chi connectivity index (χ0n) is 12.2. The van der Waals surface area contributed by atoms with Crippen LogP contribution in [-0.2, 0) is 6.54 Å². The third-order valence-electron chi connectivity index (χ3n) is 2.96. The smallest absolute Gasteiger partial charge is 0.257 e. The van der Waals surface area contributed by atoms with Crippen LogP contribution in [0.4, 0.5) is 0 Å². The van der Waals surface area contributed by atoms with E-state index in [1.54, 1.807) is 13.2 Å². The largest absolute Gasteiger partial charge is 0.497 e. The summed E-state index contributed by atoms with van der Waals surface area (Å²) in [6, 6.07) is 12.1. The highest BCUT2D eigenvalue weighted by molar-refractivity contribution is 7.80. The molecule has 0 atom stereocenters. The molecule has 0 spiro atoms. The number of benzene rings is 2. The van der Waals surface area contributed by atoms with E-state index in [1.807, 2.05) is 24.3 Å². The molecular formula is C16H14Cl2N2O2S. The molecule has 0 radical (unpaired) electrons. The van der Waals surface area contributed by atoms with Crippen LogP contribution in [0.1, 0.15) is 15.9 Å². The Kier molecular flexibility index (Phi) is 6.21. The molecule has 120 valence electrons. The molecule has 2 aromatic rings. The SMILES string of the molecule is COc1ccc(CNC(=S)NC(=O)c2cc(Cl)cc(Cl)c2)cc1. The predicted octanol–water partition coefficient (Wildman–Crippen LogP) is 3.81. The Bertz CT molecular complexity index is 700. The van der Waals surface area contributed by atoms with Gasteiger partial charge in [-0.15, -0.1) is 0 Å². The van der Waals surface area contributed by atoms with Crippen molar-refractivity contribution >= 4 is 46.4 Å². The van der Waals surface area contributed by atoms with Crippen LogP contribution in [0, 0.1) is 0 Å². The van der Waals surface area contributed by atoms with Crippen LogP contribution in [0.3, 0.4) is 0 Å². The van der Waals surface area contributed by atoms with Gasteiger partial charge in [0.2, 0.25) is 0 Å². The first kappa shape index (κ1) is 17.5. The zero-order valence-corrected chi connectivity index (χ0v) is 14.6. The number of rotatable bonds is 4. The van der Waals surface area contributed by atoms with Crippen LogP contribution < -0.4 is 15.4 Å². The van der Waals surface area contributed by atoms with Crippen LogP contribution >= 0.6 is 35.4 Å². The third kappa shape index (κ3) is 5.39. The maximum atomic E-state index is 12.1. The number of hydrogen-bond donors (Lipinski definition) is 2. The molecule has 0 aliphatic rings. The first-order chi connectivity index (χ1) is 11.0. The van der Waals surface area contributed by atoms with Gasteiger partial charge in [0.15, 0.2) is 5.11 Å². The highest BCUT2D eigenvalue weighted by atomic mass is 35.5. The molecule has 0 heterocycles. The van der Waals surface area contributed by atoms with Crippen LogP contribution in [0.2, 0.25) is 10.0 Å². The number of carbonyl (C=O) groups is 1. The Morgan fingerprint density at radius 2 is 1.74 bits per heavy atom. The Balaban J connectivity index is 1.89. The first-order valence-electron chi connectivity index (χ1n) is 6.66. The van der Waals surface area contributed by atoms with E-state index >= 15 is 0 Å². The van der Waals surface area contributed by atoms with Gasteiger partial charge in [0.05, 0.1) is 7.11 Å². The van der Waals surface area contributed by atoms with E-state index < -0.39 is 0 Å². The quantitative estimate of drug-likeness (QED) is 0.805. The number of methoxy groups -OCH3 is 1. The van der Waals surface area contributed by atoms with Gasteiger partial charge in [-0.25, -0.2) is 0 Å². The molecule has 0 saturated heterocycles. The Morgan fingerprint density at radius 1 is 1.13 bits per heavy atom. The lowest BCUT2D eigenvalue weighted by Gasteiger charge is -2.10. The summed E-state index contributed by atoms with van der Waals surface area (Å²) < 4.78 is 5.09. The minimum Gasteiger partial charge on any atom is -0.497 e. The average Bonchev–Trinajstić information content (AvgIpc) is 2.52. The van der Waals surface area contributed by atoms with Crippen molar-refractivity contribution in [3.8, 4) is 5.75 Å². The van der Waals surface area contributed by atoms with Crippen molar-refractivity contribution in [2.45, 2.75) is 6.54 Å². The number of halogens is 2. The molecule has 0 aromatic heterocycles. The highest BCUT2D eigenvalue weighted by Crippen LogP contribution is 2.18. The summed E-state index contributed by atoms with van der Waals surface area (Å²) in [6.07, 6.45) is 0. The summed E-state index contributed by atoms with van der Waals surface area (Å²) in [6.45, 7) is 0.486. The van der Waals surface area contributed by atoms with Gasteiger partial charge < -0.3 is 10.1 Å². The van der Waals surface area contributed by atoms with E-state index in [-0.39, 0.29) is 11.0 Å². The van der Waals surface area contributed by atoms with Crippen LogP contribution in [0.15, 0.2) is 42.5 Å². The molecule has 23 heavy (non-hydrogen) atoms. The predicted molar refractivity (Wildman–Crippen MR) is 96.4 cm³/mol. The minimum absolute atomic E-state index is 0.224. The number of hydrogen-bond acceptors (Lipinski definition) is 3. The molecule has 2 N–H and O–H groups in total. The van der Waals surface area contributed by atoms with Gasteiger partial charge in [-0.2, -0.15) is 0 Å². The second-order valence-corrected chi connectivity index (χ2v) is 5.92. The fourth-order valence-corrected chi connectivity index (χ4v) is 2.52. The number of amides is 1. The summed E-state index contributed by atoms with van der Waals surface area (Å²) in [7, 11) is 1.61. The second kappa shape index (κ2) is 8.15. The lowest BCUT2D eigenvalue weighted by molar-refractivity contribution is 0.0976. The molecule has 2 aromatic carbocycles. The summed E-state index contributed by atoms with van der Waals surface area (Å²) in [5.74, 6) is 0.407. The summed E-state index contributed by atoms with van der Waals surface area (Å²) in [5.41, 5.74) is 1.35. The normalized spacial score (nSPS) is 10.0. The van der Waals surface area contributed by atoms with Crippen molar-refractivity contribution in [1.29, 1.82) is 0 Å². The summed E-state index contributed by atoms with van der Waals surface area (Å²) in [4.78, 5) is 12.1. The summed E-state index contributed by atoms with van der Waals surface area (Å²) in [5, 5.41) is 6.54. The minimum atomic E-state index is -0.373. The van der Waals surface area contributed by atoms with Gasteiger partial charge in [-0.3, -0.25) is 10.1 Å². The molecule has 1 amide bonds. The maximum Gasteiger partial charge on any atom is 0.257 e. The Labute approximate surface area is 149 Å².